The van der Waals surface area contributed by atoms with Crippen molar-refractivity contribution in [3.8, 4) is 5.75 Å². The molecule has 6 nitrogen and oxygen atoms in total. The molecule has 1 aliphatic rings. The van der Waals surface area contributed by atoms with Crippen LogP contribution in [0, 0.1) is 0 Å². The minimum absolute atomic E-state index is 0.144. The summed E-state index contributed by atoms with van der Waals surface area (Å²) in [5.41, 5.74) is 0. The van der Waals surface area contributed by atoms with Crippen LogP contribution in [0.15, 0.2) is 27.6 Å². The summed E-state index contributed by atoms with van der Waals surface area (Å²) < 4.78 is 32.3. The van der Waals surface area contributed by atoms with Crippen molar-refractivity contribution in [2.75, 3.05) is 20.7 Å². The normalized spacial score (nSPS) is 19.5. The number of likely N-dealkylation sites (N-methyl/N-ethyl adjacent to an activating group) is 1. The Morgan fingerprint density at radius 1 is 1.48 bits per heavy atom. The lowest BCUT2D eigenvalue weighted by molar-refractivity contribution is -0.123. The molecule has 0 bridgehead atoms. The second-order valence-corrected chi connectivity index (χ2v) is 7.43. The number of carbonyl (C=O) groups excluding carboxylic acids is 1. The molecule has 8 heteroatoms. The highest BCUT2D eigenvalue weighted by atomic mass is 79.9. The molecule has 1 heterocycles. The van der Waals surface area contributed by atoms with Crippen molar-refractivity contribution in [2.24, 2.45) is 0 Å². The lowest BCUT2D eigenvalue weighted by atomic mass is 10.2. The van der Waals surface area contributed by atoms with Gasteiger partial charge in [0.05, 0.1) is 16.5 Å². The largest absolute Gasteiger partial charge is 0.496 e. The Morgan fingerprint density at radius 3 is 2.76 bits per heavy atom. The zero-order valence-corrected chi connectivity index (χ0v) is 14.2. The number of methoxy groups -OCH3 is 1. The van der Waals surface area contributed by atoms with Crippen molar-refractivity contribution >= 4 is 31.9 Å². The number of amides is 1. The molecule has 1 aliphatic heterocycles. The first kappa shape index (κ1) is 16.3. The average molecular weight is 377 g/mol. The van der Waals surface area contributed by atoms with Crippen LogP contribution in [-0.2, 0) is 14.8 Å². The lowest BCUT2D eigenvalue weighted by Gasteiger charge is -2.23. The topological polar surface area (TPSA) is 75.7 Å². The maximum absolute atomic E-state index is 12.7. The molecule has 1 N–H and O–H groups in total. The van der Waals surface area contributed by atoms with E-state index in [1.807, 2.05) is 0 Å². The smallest absolute Gasteiger partial charge is 0.243 e. The monoisotopic (exact) mass is 376 g/mol. The molecule has 0 aliphatic carbocycles. The molecule has 1 unspecified atom stereocenters. The van der Waals surface area contributed by atoms with Crippen LogP contribution < -0.4 is 10.1 Å². The molecule has 2 rings (SSSR count). The number of rotatable bonds is 4. The van der Waals surface area contributed by atoms with Gasteiger partial charge in [-0.2, -0.15) is 4.31 Å². The third-order valence-electron chi connectivity index (χ3n) is 3.48. The molecule has 1 aromatic rings. The maximum atomic E-state index is 12.7. The number of benzene rings is 1. The van der Waals surface area contributed by atoms with Gasteiger partial charge in [0.2, 0.25) is 15.9 Å². The first-order valence-corrected chi connectivity index (χ1v) is 8.72. The van der Waals surface area contributed by atoms with Crippen LogP contribution in [0.25, 0.3) is 0 Å². The number of sulfonamides is 1. The SMILES string of the molecule is CNC(=O)C1CCCN1S(=O)(=O)c1ccc(OC)c(Br)c1. The lowest BCUT2D eigenvalue weighted by Crippen LogP contribution is -2.44. The van der Waals surface area contributed by atoms with Crippen molar-refractivity contribution in [1.29, 1.82) is 0 Å². The average Bonchev–Trinajstić information content (AvgIpc) is 2.96. The van der Waals surface area contributed by atoms with E-state index in [0.29, 0.717) is 29.6 Å². The van der Waals surface area contributed by atoms with E-state index in [2.05, 4.69) is 21.2 Å². The van der Waals surface area contributed by atoms with Gasteiger partial charge < -0.3 is 10.1 Å². The molecule has 1 amide bonds. The highest BCUT2D eigenvalue weighted by Gasteiger charge is 2.39. The summed E-state index contributed by atoms with van der Waals surface area (Å²) in [5, 5.41) is 2.52. The maximum Gasteiger partial charge on any atom is 0.243 e. The van der Waals surface area contributed by atoms with Gasteiger partial charge in [-0.05, 0) is 47.0 Å². The Labute approximate surface area is 132 Å². The summed E-state index contributed by atoms with van der Waals surface area (Å²) in [6.07, 6.45) is 1.21. The van der Waals surface area contributed by atoms with Crippen LogP contribution in [0.5, 0.6) is 5.75 Å². The minimum Gasteiger partial charge on any atom is -0.496 e. The van der Waals surface area contributed by atoms with Crippen LogP contribution in [0.4, 0.5) is 0 Å². The van der Waals surface area contributed by atoms with Crippen molar-refractivity contribution in [3.05, 3.63) is 22.7 Å². The van der Waals surface area contributed by atoms with E-state index in [-0.39, 0.29) is 10.8 Å². The van der Waals surface area contributed by atoms with Crippen LogP contribution >= 0.6 is 15.9 Å². The van der Waals surface area contributed by atoms with Gasteiger partial charge in [0.1, 0.15) is 11.8 Å². The number of hydrogen-bond acceptors (Lipinski definition) is 4. The van der Waals surface area contributed by atoms with Gasteiger partial charge in [0, 0.05) is 13.6 Å². The number of nitrogens with zero attached hydrogens (tertiary/aromatic N) is 1. The second kappa shape index (κ2) is 6.33. The van der Waals surface area contributed by atoms with Crippen LogP contribution in [0.3, 0.4) is 0 Å². The summed E-state index contributed by atoms with van der Waals surface area (Å²) in [5.74, 6) is 0.280. The molecular weight excluding hydrogens is 360 g/mol. The van der Waals surface area contributed by atoms with E-state index in [4.69, 9.17) is 4.74 Å². The quantitative estimate of drug-likeness (QED) is 0.860. The second-order valence-electron chi connectivity index (χ2n) is 4.68. The fraction of sp³-hybridized carbons (Fsp3) is 0.462. The minimum atomic E-state index is -3.70. The molecule has 1 saturated heterocycles. The van der Waals surface area contributed by atoms with E-state index in [1.54, 1.807) is 6.07 Å². The fourth-order valence-electron chi connectivity index (χ4n) is 2.40. The molecule has 1 fully saturated rings. The van der Waals surface area contributed by atoms with Gasteiger partial charge in [0.25, 0.3) is 0 Å². The fourth-order valence-corrected chi connectivity index (χ4v) is 4.77. The van der Waals surface area contributed by atoms with Crippen molar-refractivity contribution < 1.29 is 17.9 Å². The summed E-state index contributed by atoms with van der Waals surface area (Å²) in [6, 6.07) is 3.92. The molecule has 1 atom stereocenters. The summed E-state index contributed by atoms with van der Waals surface area (Å²) >= 11 is 3.28. The molecule has 21 heavy (non-hydrogen) atoms. The molecule has 116 valence electrons. The highest BCUT2D eigenvalue weighted by molar-refractivity contribution is 9.10. The van der Waals surface area contributed by atoms with Crippen LogP contribution in [0.1, 0.15) is 12.8 Å². The van der Waals surface area contributed by atoms with E-state index < -0.39 is 16.1 Å². The molecule has 0 aromatic heterocycles. The number of nitrogens with one attached hydrogen (secondary N) is 1. The Balaban J connectivity index is 2.37. The van der Waals surface area contributed by atoms with Gasteiger partial charge >= 0.3 is 0 Å². The van der Waals surface area contributed by atoms with Gasteiger partial charge in [-0.1, -0.05) is 0 Å². The number of hydrogen-bond donors (Lipinski definition) is 1. The molecule has 0 radical (unpaired) electrons. The third-order valence-corrected chi connectivity index (χ3v) is 6.01. The Kier molecular flexibility index (Phi) is 4.90. The molecule has 1 aromatic carbocycles. The number of halogens is 1. The van der Waals surface area contributed by atoms with Gasteiger partial charge in [0.15, 0.2) is 0 Å². The van der Waals surface area contributed by atoms with Crippen LogP contribution in [0.2, 0.25) is 0 Å². The third kappa shape index (κ3) is 3.07. The Hall–Kier alpha value is -1.12. The Bertz CT molecular complexity index is 648. The summed E-state index contributed by atoms with van der Waals surface area (Å²) in [4.78, 5) is 12.0. The molecular formula is C13H17BrN2O4S. The Morgan fingerprint density at radius 2 is 2.19 bits per heavy atom. The molecule has 0 saturated carbocycles. The van der Waals surface area contributed by atoms with E-state index in [0.717, 1.165) is 0 Å². The first-order chi connectivity index (χ1) is 9.91. The van der Waals surface area contributed by atoms with E-state index in [9.17, 15) is 13.2 Å². The zero-order chi connectivity index (χ0) is 15.6. The predicted octanol–water partition coefficient (Wildman–Crippen LogP) is 1.36. The van der Waals surface area contributed by atoms with Crippen molar-refractivity contribution in [1.82, 2.24) is 9.62 Å². The zero-order valence-electron chi connectivity index (χ0n) is 11.8. The number of ether oxygens (including phenoxy) is 1. The van der Waals surface area contributed by atoms with Crippen molar-refractivity contribution in [2.45, 2.75) is 23.8 Å². The predicted molar refractivity (Wildman–Crippen MR) is 81.7 cm³/mol. The standard InChI is InChI=1S/C13H17BrN2O4S/c1-15-13(17)11-4-3-7-16(11)21(18,19)9-5-6-12(20-2)10(14)8-9/h5-6,8,11H,3-4,7H2,1-2H3,(H,15,17). The summed E-state index contributed by atoms with van der Waals surface area (Å²) in [7, 11) is -0.684. The summed E-state index contributed by atoms with van der Waals surface area (Å²) in [6.45, 7) is 0.351. The van der Waals surface area contributed by atoms with Gasteiger partial charge in [-0.3, -0.25) is 4.79 Å². The van der Waals surface area contributed by atoms with Crippen molar-refractivity contribution in [3.63, 3.8) is 0 Å². The van der Waals surface area contributed by atoms with Crippen LogP contribution in [-0.4, -0.2) is 45.4 Å². The highest BCUT2D eigenvalue weighted by Crippen LogP contribution is 2.31. The molecule has 0 spiro atoms. The van der Waals surface area contributed by atoms with E-state index in [1.165, 1.54) is 30.6 Å². The number of carbonyl (C=O) groups is 1. The van der Waals surface area contributed by atoms with Gasteiger partial charge in [-0.25, -0.2) is 8.42 Å². The van der Waals surface area contributed by atoms with Gasteiger partial charge in [-0.15, -0.1) is 0 Å². The first-order valence-electron chi connectivity index (χ1n) is 6.48. The van der Waals surface area contributed by atoms with E-state index >= 15 is 0 Å².